The van der Waals surface area contributed by atoms with Gasteiger partial charge in [-0.3, -0.25) is 14.9 Å². The molecule has 0 aromatic heterocycles. The molecule has 156 valence electrons. The highest BCUT2D eigenvalue weighted by Crippen LogP contribution is 2.08. The molecule has 2 rings (SSSR count). The van der Waals surface area contributed by atoms with E-state index in [4.69, 9.17) is 4.74 Å². The number of imide groups is 1. The first-order chi connectivity index (χ1) is 14.3. The number of hydrogen-bond acceptors (Lipinski definition) is 5. The standard InChI is InChI=1S/C22H23N3O5/c1-15(20(27)25-22(29)23-14-18-11-7-4-8-12-18)30-21(28)19(24-16(2)26)13-17-9-5-3-6-10-17/h3-13,15H,14H2,1-2H3,(H,24,26)(H2,23,25,27,29)/b19-13-/t15-/m1/s1. The zero-order valence-electron chi connectivity index (χ0n) is 16.7. The van der Waals surface area contributed by atoms with Crippen LogP contribution in [0.25, 0.3) is 6.08 Å². The first-order valence-corrected chi connectivity index (χ1v) is 9.23. The number of hydrogen-bond donors (Lipinski definition) is 3. The number of urea groups is 1. The lowest BCUT2D eigenvalue weighted by molar-refractivity contribution is -0.151. The minimum Gasteiger partial charge on any atom is -0.448 e. The summed E-state index contributed by atoms with van der Waals surface area (Å²) >= 11 is 0. The summed E-state index contributed by atoms with van der Waals surface area (Å²) in [6.07, 6.45) is 0.175. The first-order valence-electron chi connectivity index (χ1n) is 9.23. The van der Waals surface area contributed by atoms with Gasteiger partial charge in [0.15, 0.2) is 6.10 Å². The van der Waals surface area contributed by atoms with Gasteiger partial charge in [0.2, 0.25) is 5.91 Å². The summed E-state index contributed by atoms with van der Waals surface area (Å²) in [6, 6.07) is 17.3. The van der Waals surface area contributed by atoms with Gasteiger partial charge in [-0.05, 0) is 24.1 Å². The first kappa shape index (κ1) is 22.4. The lowest BCUT2D eigenvalue weighted by Gasteiger charge is -2.15. The van der Waals surface area contributed by atoms with Crippen molar-refractivity contribution in [3.8, 4) is 0 Å². The van der Waals surface area contributed by atoms with E-state index in [9.17, 15) is 19.2 Å². The molecule has 2 aromatic rings. The summed E-state index contributed by atoms with van der Waals surface area (Å²) in [5.41, 5.74) is 1.41. The Labute approximate surface area is 174 Å². The van der Waals surface area contributed by atoms with E-state index in [0.717, 1.165) is 5.56 Å². The number of esters is 1. The summed E-state index contributed by atoms with van der Waals surface area (Å²) in [5, 5.41) is 7.04. The predicted octanol–water partition coefficient (Wildman–Crippen LogP) is 2.12. The van der Waals surface area contributed by atoms with E-state index in [1.54, 1.807) is 24.3 Å². The molecule has 0 unspecified atom stereocenters. The average molecular weight is 409 g/mol. The molecule has 8 heteroatoms. The van der Waals surface area contributed by atoms with Crippen molar-refractivity contribution in [1.82, 2.24) is 16.0 Å². The van der Waals surface area contributed by atoms with Crippen LogP contribution in [-0.2, 0) is 25.7 Å². The Hall–Kier alpha value is -3.94. The van der Waals surface area contributed by atoms with Crippen LogP contribution in [0, 0.1) is 0 Å². The van der Waals surface area contributed by atoms with Crippen molar-refractivity contribution < 1.29 is 23.9 Å². The Kier molecular flexibility index (Phi) is 8.31. The fourth-order valence-corrected chi connectivity index (χ4v) is 2.37. The Morgan fingerprint density at radius 3 is 2.13 bits per heavy atom. The van der Waals surface area contributed by atoms with Gasteiger partial charge in [-0.1, -0.05) is 60.7 Å². The highest BCUT2D eigenvalue weighted by atomic mass is 16.5. The van der Waals surface area contributed by atoms with Gasteiger partial charge in [-0.2, -0.15) is 0 Å². The number of amides is 4. The van der Waals surface area contributed by atoms with Crippen LogP contribution < -0.4 is 16.0 Å². The zero-order chi connectivity index (χ0) is 21.9. The third-order valence-electron chi connectivity index (χ3n) is 3.83. The van der Waals surface area contributed by atoms with Crippen molar-refractivity contribution in [2.45, 2.75) is 26.5 Å². The van der Waals surface area contributed by atoms with Crippen molar-refractivity contribution in [3.63, 3.8) is 0 Å². The number of carbonyl (C=O) groups is 4. The van der Waals surface area contributed by atoms with Gasteiger partial charge in [0.25, 0.3) is 5.91 Å². The Morgan fingerprint density at radius 1 is 0.933 bits per heavy atom. The quantitative estimate of drug-likeness (QED) is 0.479. The van der Waals surface area contributed by atoms with E-state index in [-0.39, 0.29) is 12.2 Å². The molecule has 0 saturated heterocycles. The molecule has 0 saturated carbocycles. The number of nitrogens with one attached hydrogen (secondary N) is 3. The molecule has 2 aromatic carbocycles. The van der Waals surface area contributed by atoms with Gasteiger partial charge in [0.05, 0.1) is 0 Å². The third kappa shape index (κ3) is 7.59. The van der Waals surface area contributed by atoms with Gasteiger partial charge < -0.3 is 15.4 Å². The number of carbonyl (C=O) groups excluding carboxylic acids is 4. The van der Waals surface area contributed by atoms with E-state index in [1.165, 1.54) is 19.9 Å². The van der Waals surface area contributed by atoms with E-state index in [1.807, 2.05) is 36.4 Å². The van der Waals surface area contributed by atoms with E-state index >= 15 is 0 Å². The zero-order valence-corrected chi connectivity index (χ0v) is 16.7. The third-order valence-corrected chi connectivity index (χ3v) is 3.83. The molecule has 30 heavy (non-hydrogen) atoms. The summed E-state index contributed by atoms with van der Waals surface area (Å²) in [6.45, 7) is 2.81. The molecule has 0 aliphatic carbocycles. The molecule has 0 bridgehead atoms. The second-order valence-electron chi connectivity index (χ2n) is 6.35. The molecule has 1 atom stereocenters. The number of benzene rings is 2. The lowest BCUT2D eigenvalue weighted by atomic mass is 10.2. The van der Waals surface area contributed by atoms with Crippen molar-refractivity contribution in [3.05, 3.63) is 77.5 Å². The van der Waals surface area contributed by atoms with Crippen LogP contribution in [0.15, 0.2) is 66.4 Å². The van der Waals surface area contributed by atoms with Gasteiger partial charge in [0, 0.05) is 13.5 Å². The second-order valence-corrected chi connectivity index (χ2v) is 6.35. The summed E-state index contributed by atoms with van der Waals surface area (Å²) in [5.74, 6) is -2.16. The molecular formula is C22H23N3O5. The smallest absolute Gasteiger partial charge is 0.355 e. The maximum atomic E-state index is 12.4. The van der Waals surface area contributed by atoms with E-state index < -0.39 is 29.9 Å². The second kappa shape index (κ2) is 11.2. The van der Waals surface area contributed by atoms with Crippen LogP contribution in [0.5, 0.6) is 0 Å². The molecule has 8 nitrogen and oxygen atoms in total. The van der Waals surface area contributed by atoms with Crippen LogP contribution >= 0.6 is 0 Å². The molecule has 0 spiro atoms. The average Bonchev–Trinajstić information content (AvgIpc) is 2.73. The normalized spacial score (nSPS) is 11.7. The fraction of sp³-hybridized carbons (Fsp3) is 0.182. The van der Waals surface area contributed by atoms with Gasteiger partial charge in [-0.25, -0.2) is 9.59 Å². The molecular weight excluding hydrogens is 386 g/mol. The fourth-order valence-electron chi connectivity index (χ4n) is 2.37. The Bertz CT molecular complexity index is 926. The molecule has 4 amide bonds. The van der Waals surface area contributed by atoms with E-state index in [0.29, 0.717) is 5.56 Å². The van der Waals surface area contributed by atoms with Crippen molar-refractivity contribution in [2.24, 2.45) is 0 Å². The topological polar surface area (TPSA) is 114 Å². The van der Waals surface area contributed by atoms with Crippen LogP contribution in [-0.4, -0.2) is 29.9 Å². The highest BCUT2D eigenvalue weighted by Gasteiger charge is 2.22. The number of rotatable bonds is 7. The van der Waals surface area contributed by atoms with Gasteiger partial charge in [-0.15, -0.1) is 0 Å². The van der Waals surface area contributed by atoms with Crippen LogP contribution in [0.3, 0.4) is 0 Å². The van der Waals surface area contributed by atoms with E-state index in [2.05, 4.69) is 16.0 Å². The Balaban J connectivity index is 1.93. The summed E-state index contributed by atoms with van der Waals surface area (Å²) in [7, 11) is 0. The molecule has 0 aliphatic heterocycles. The monoisotopic (exact) mass is 409 g/mol. The van der Waals surface area contributed by atoms with Crippen molar-refractivity contribution in [2.75, 3.05) is 0 Å². The molecule has 0 heterocycles. The predicted molar refractivity (Wildman–Crippen MR) is 111 cm³/mol. The van der Waals surface area contributed by atoms with Gasteiger partial charge >= 0.3 is 12.0 Å². The molecule has 0 radical (unpaired) electrons. The maximum Gasteiger partial charge on any atom is 0.355 e. The minimum absolute atomic E-state index is 0.123. The van der Waals surface area contributed by atoms with Gasteiger partial charge in [0.1, 0.15) is 5.70 Å². The van der Waals surface area contributed by atoms with Crippen LogP contribution in [0.2, 0.25) is 0 Å². The Morgan fingerprint density at radius 2 is 1.53 bits per heavy atom. The van der Waals surface area contributed by atoms with Crippen molar-refractivity contribution >= 4 is 29.9 Å². The largest absolute Gasteiger partial charge is 0.448 e. The number of ether oxygens (including phenoxy) is 1. The molecule has 0 fully saturated rings. The van der Waals surface area contributed by atoms with Crippen LogP contribution in [0.1, 0.15) is 25.0 Å². The summed E-state index contributed by atoms with van der Waals surface area (Å²) in [4.78, 5) is 47.9. The SMILES string of the molecule is CC(=O)N/C(=C\c1ccccc1)C(=O)O[C@H](C)C(=O)NC(=O)NCc1ccccc1. The summed E-state index contributed by atoms with van der Waals surface area (Å²) < 4.78 is 5.10. The minimum atomic E-state index is -1.26. The lowest BCUT2D eigenvalue weighted by Crippen LogP contribution is -2.45. The molecule has 0 aliphatic rings. The maximum absolute atomic E-state index is 12.4. The highest BCUT2D eigenvalue weighted by molar-refractivity contribution is 6.01. The van der Waals surface area contributed by atoms with Crippen molar-refractivity contribution in [1.29, 1.82) is 0 Å². The van der Waals surface area contributed by atoms with Crippen LogP contribution in [0.4, 0.5) is 4.79 Å². The molecule has 3 N–H and O–H groups in total.